The molecule has 0 radical (unpaired) electrons. The number of nitrogens with zero attached hydrogens (tertiary/aromatic N) is 6. The number of aliphatic hydroxyl groups excluding tert-OH is 1. The first-order valence-electron chi connectivity index (χ1n) is 20.2. The number of hydrogen-bond acceptors (Lipinski definition) is 10. The zero-order valence-electron chi connectivity index (χ0n) is 33.8. The molecule has 2 N–H and O–H groups in total. The molecule has 310 valence electrons. The van der Waals surface area contributed by atoms with Crippen molar-refractivity contribution in [1.82, 2.24) is 15.0 Å². The molecule has 1 aromatic heterocycles. The van der Waals surface area contributed by atoms with Crippen molar-refractivity contribution in [2.45, 2.75) is 62.7 Å². The lowest BCUT2D eigenvalue weighted by atomic mass is 9.82. The van der Waals surface area contributed by atoms with E-state index in [-0.39, 0.29) is 36.6 Å². The Balaban J connectivity index is 1.05. The fourth-order valence-corrected chi connectivity index (χ4v) is 12.1. The van der Waals surface area contributed by atoms with Crippen LogP contribution in [0.15, 0.2) is 128 Å². The van der Waals surface area contributed by atoms with Crippen molar-refractivity contribution >= 4 is 42.9 Å². The van der Waals surface area contributed by atoms with E-state index >= 15 is 4.79 Å². The second-order valence-electron chi connectivity index (χ2n) is 16.4. The van der Waals surface area contributed by atoms with Gasteiger partial charge in [-0.3, -0.25) is 29.3 Å². The molecule has 2 amide bonds. The fraction of sp³-hybridized carbons (Fsp3) is 0.261. The van der Waals surface area contributed by atoms with Crippen molar-refractivity contribution in [1.29, 1.82) is 0 Å². The van der Waals surface area contributed by atoms with Gasteiger partial charge in [0, 0.05) is 47.6 Å². The first kappa shape index (κ1) is 39.9. The molecule has 15 heteroatoms. The standard InChI is InChI=1S/C46H44N6O8Si/c1-29-43(61(2,3)58)42(22-23-49-27-37(47-48-49)35(28-53)31-13-5-4-6-14-31)60-46(29)36-25-33(52(56)57)20-21-38(36)50(45(46)55)26-30-12-11-15-32(24-30)51-39-17-8-10-19-41(39)59-40-18-9-7-16-34(40)44(51)54/h4-21,24-25,27,29,35,42-43,53,58H,22-23,26,28H2,1-3H3/t29-,35?,42+,43-,46+/m0/s1. The van der Waals surface area contributed by atoms with Gasteiger partial charge in [-0.15, -0.1) is 5.10 Å². The highest BCUT2D eigenvalue weighted by Crippen LogP contribution is 2.60. The van der Waals surface area contributed by atoms with Crippen molar-refractivity contribution in [3.8, 4) is 11.5 Å². The van der Waals surface area contributed by atoms with Crippen molar-refractivity contribution in [3.05, 3.63) is 166 Å². The lowest BCUT2D eigenvalue weighted by molar-refractivity contribution is -0.385. The minimum Gasteiger partial charge on any atom is -0.454 e. The highest BCUT2D eigenvalue weighted by atomic mass is 28.4. The molecule has 6 aromatic rings. The molecule has 14 nitrogen and oxygen atoms in total. The Labute approximate surface area is 352 Å². The first-order valence-corrected chi connectivity index (χ1v) is 23.3. The Hall–Kier alpha value is -6.52. The maximum atomic E-state index is 15.2. The molecule has 1 unspecified atom stereocenters. The van der Waals surface area contributed by atoms with Gasteiger partial charge in [0.25, 0.3) is 17.5 Å². The van der Waals surface area contributed by atoms with Gasteiger partial charge in [0.1, 0.15) is 5.75 Å². The molecule has 3 aliphatic rings. The normalized spacial score (nSPS) is 21.2. The van der Waals surface area contributed by atoms with E-state index in [1.165, 1.54) is 12.1 Å². The van der Waals surface area contributed by atoms with Crippen LogP contribution in [0.4, 0.5) is 22.7 Å². The van der Waals surface area contributed by atoms with Crippen LogP contribution in [0.5, 0.6) is 11.5 Å². The quantitative estimate of drug-likeness (QED) is 0.0744. The molecule has 9 rings (SSSR count). The van der Waals surface area contributed by atoms with Crippen LogP contribution < -0.4 is 14.5 Å². The minimum atomic E-state index is -3.07. The first-order chi connectivity index (χ1) is 29.4. The van der Waals surface area contributed by atoms with E-state index in [2.05, 4.69) is 10.3 Å². The summed E-state index contributed by atoms with van der Waals surface area (Å²) >= 11 is 0. The third-order valence-electron chi connectivity index (χ3n) is 12.3. The SMILES string of the molecule is C[C@H]1[C@H]([Si](C)(C)O)[C@@H](CCn2cc(C(CO)c3ccccc3)nn2)O[C@]12C(=O)N(Cc1cccc(N3C(=O)c4ccccc4Oc4ccccc43)c1)c1ccc([N+](=O)[O-])cc12. The average Bonchev–Trinajstić information content (AvgIpc) is 3.88. The van der Waals surface area contributed by atoms with Crippen molar-refractivity contribution in [2.24, 2.45) is 5.92 Å². The van der Waals surface area contributed by atoms with Crippen LogP contribution in [0.1, 0.15) is 52.0 Å². The molecule has 0 aliphatic carbocycles. The summed E-state index contributed by atoms with van der Waals surface area (Å²) in [5.41, 5.74) is 2.32. The predicted molar refractivity (Wildman–Crippen MR) is 229 cm³/mol. The number of nitro groups is 1. The Morgan fingerprint density at radius 1 is 0.902 bits per heavy atom. The number of non-ortho nitro benzene ring substituents is 1. The number of fused-ring (bicyclic) bond motifs is 4. The monoisotopic (exact) mass is 836 g/mol. The number of para-hydroxylation sites is 3. The summed E-state index contributed by atoms with van der Waals surface area (Å²) in [6, 6.07) is 35.7. The number of benzene rings is 5. The number of anilines is 3. The average molecular weight is 837 g/mol. The molecule has 1 fully saturated rings. The number of nitro benzene ring substituents is 1. The highest BCUT2D eigenvalue weighted by molar-refractivity contribution is 6.71. The van der Waals surface area contributed by atoms with Gasteiger partial charge in [0.2, 0.25) is 0 Å². The topological polar surface area (TPSA) is 173 Å². The van der Waals surface area contributed by atoms with E-state index in [0.717, 1.165) is 5.56 Å². The van der Waals surface area contributed by atoms with E-state index in [1.54, 1.807) is 44.9 Å². The molecule has 5 atom stereocenters. The number of aryl methyl sites for hydroxylation is 1. The third-order valence-corrected chi connectivity index (χ3v) is 14.8. The van der Waals surface area contributed by atoms with Gasteiger partial charge in [-0.1, -0.05) is 78.9 Å². The summed E-state index contributed by atoms with van der Waals surface area (Å²) in [5, 5.41) is 31.2. The number of amides is 2. The van der Waals surface area contributed by atoms with E-state index in [4.69, 9.17) is 9.47 Å². The zero-order chi connectivity index (χ0) is 42.6. The molecule has 1 saturated heterocycles. The largest absolute Gasteiger partial charge is 0.454 e. The maximum Gasteiger partial charge on any atom is 0.269 e. The zero-order valence-corrected chi connectivity index (χ0v) is 34.8. The summed E-state index contributed by atoms with van der Waals surface area (Å²) < 4.78 is 14.9. The summed E-state index contributed by atoms with van der Waals surface area (Å²) in [6.07, 6.45) is 1.54. The second kappa shape index (κ2) is 15.5. The third kappa shape index (κ3) is 6.88. The van der Waals surface area contributed by atoms with Gasteiger partial charge in [-0.2, -0.15) is 0 Å². The number of carbonyl (C=O) groups excluding carboxylic acids is 2. The van der Waals surface area contributed by atoms with Crippen LogP contribution in [0.3, 0.4) is 0 Å². The summed E-state index contributed by atoms with van der Waals surface area (Å²) in [5.74, 6) is -0.641. The Kier molecular flexibility index (Phi) is 10.1. The maximum absolute atomic E-state index is 15.2. The van der Waals surface area contributed by atoms with E-state index in [1.807, 2.05) is 105 Å². The second-order valence-corrected chi connectivity index (χ2v) is 20.4. The van der Waals surface area contributed by atoms with Crippen LogP contribution in [-0.2, 0) is 28.2 Å². The fourth-order valence-electron chi connectivity index (χ4n) is 9.54. The van der Waals surface area contributed by atoms with Crippen molar-refractivity contribution in [3.63, 3.8) is 0 Å². The van der Waals surface area contributed by atoms with Crippen LogP contribution in [0.2, 0.25) is 18.6 Å². The molecule has 3 aliphatic heterocycles. The van der Waals surface area contributed by atoms with E-state index in [9.17, 15) is 24.8 Å². The number of aromatic nitrogens is 3. The van der Waals surface area contributed by atoms with E-state index < -0.39 is 36.4 Å². The van der Waals surface area contributed by atoms with Crippen LogP contribution in [0.25, 0.3) is 0 Å². The van der Waals surface area contributed by atoms with Gasteiger partial charge in [0.05, 0.1) is 52.7 Å². The van der Waals surface area contributed by atoms with Gasteiger partial charge in [-0.05, 0) is 73.1 Å². The van der Waals surface area contributed by atoms with Crippen LogP contribution >= 0.6 is 0 Å². The summed E-state index contributed by atoms with van der Waals surface area (Å²) in [6.45, 7) is 5.80. The lowest BCUT2D eigenvalue weighted by Gasteiger charge is -2.32. The summed E-state index contributed by atoms with van der Waals surface area (Å²) in [4.78, 5) is 56.3. The highest BCUT2D eigenvalue weighted by Gasteiger charge is 2.66. The molecule has 0 bridgehead atoms. The molecule has 5 aromatic carbocycles. The van der Waals surface area contributed by atoms with Gasteiger partial charge in [0.15, 0.2) is 19.7 Å². The van der Waals surface area contributed by atoms with Crippen molar-refractivity contribution < 1.29 is 33.9 Å². The smallest absolute Gasteiger partial charge is 0.269 e. The molecular formula is C46H44N6O8Si. The van der Waals surface area contributed by atoms with Crippen LogP contribution in [-0.4, -0.2) is 62.7 Å². The number of aliphatic hydroxyl groups is 1. The van der Waals surface area contributed by atoms with E-state index in [0.29, 0.717) is 63.9 Å². The lowest BCUT2D eigenvalue weighted by Crippen LogP contribution is -2.46. The van der Waals surface area contributed by atoms with Gasteiger partial charge >= 0.3 is 0 Å². The molecule has 1 spiro atoms. The Morgan fingerprint density at radius 3 is 2.39 bits per heavy atom. The van der Waals surface area contributed by atoms with Crippen molar-refractivity contribution in [2.75, 3.05) is 16.4 Å². The predicted octanol–water partition coefficient (Wildman–Crippen LogP) is 7.83. The minimum absolute atomic E-state index is 0.0660. The molecule has 4 heterocycles. The Morgan fingerprint density at radius 2 is 1.64 bits per heavy atom. The van der Waals surface area contributed by atoms with Gasteiger partial charge in [-0.25, -0.2) is 0 Å². The number of carbonyl (C=O) groups is 2. The number of ether oxygens (including phenoxy) is 2. The van der Waals surface area contributed by atoms with Gasteiger partial charge < -0.3 is 24.3 Å². The van der Waals surface area contributed by atoms with Crippen LogP contribution in [0, 0.1) is 16.0 Å². The Bertz CT molecular complexity index is 2670. The molecular weight excluding hydrogens is 793 g/mol. The summed E-state index contributed by atoms with van der Waals surface area (Å²) in [7, 11) is -3.07. The molecule has 61 heavy (non-hydrogen) atoms. The molecule has 0 saturated carbocycles. The number of rotatable bonds is 11. The number of hydrogen-bond donors (Lipinski definition) is 2.